The van der Waals surface area contributed by atoms with Crippen molar-refractivity contribution in [1.82, 2.24) is 0 Å². The van der Waals surface area contributed by atoms with Gasteiger partial charge in [0, 0.05) is 13.2 Å². The molecule has 1 aromatic carbocycles. The minimum absolute atomic E-state index is 0.0179. The van der Waals surface area contributed by atoms with E-state index in [9.17, 15) is 9.59 Å². The highest BCUT2D eigenvalue weighted by atomic mass is 16.6. The van der Waals surface area contributed by atoms with E-state index in [2.05, 4.69) is 0 Å². The van der Waals surface area contributed by atoms with E-state index in [4.69, 9.17) is 28.4 Å². The third-order valence-electron chi connectivity index (χ3n) is 3.90. The highest BCUT2D eigenvalue weighted by molar-refractivity contribution is 6.17. The van der Waals surface area contributed by atoms with Gasteiger partial charge in [0.05, 0.1) is 39.6 Å². The SMILES string of the molecule is CCOCCOCCOC(=O)C(=Cc1ccc(C)cc1)C(=O)OCCOCCOCC. The molecule has 0 amide bonds. The molecule has 8 nitrogen and oxygen atoms in total. The first-order valence-corrected chi connectivity index (χ1v) is 10.5. The standard InChI is InChI=1S/C23H34O8/c1-4-26-10-12-28-14-16-30-22(24)21(18-20-8-6-19(3)7-9-20)23(25)31-17-15-29-13-11-27-5-2/h6-9,18H,4-5,10-17H2,1-3H3. The molecule has 0 aliphatic heterocycles. The zero-order valence-electron chi connectivity index (χ0n) is 18.7. The molecule has 0 heterocycles. The molecule has 0 unspecified atom stereocenters. The Balaban J connectivity index is 2.57. The zero-order valence-corrected chi connectivity index (χ0v) is 18.7. The van der Waals surface area contributed by atoms with Gasteiger partial charge in [0.25, 0.3) is 0 Å². The van der Waals surface area contributed by atoms with Gasteiger partial charge in [-0.25, -0.2) is 9.59 Å². The van der Waals surface area contributed by atoms with Crippen molar-refractivity contribution in [1.29, 1.82) is 0 Å². The minimum Gasteiger partial charge on any atom is -0.459 e. The molecule has 1 rings (SSSR count). The maximum Gasteiger partial charge on any atom is 0.345 e. The monoisotopic (exact) mass is 438 g/mol. The van der Waals surface area contributed by atoms with Crippen LogP contribution in [0.15, 0.2) is 29.8 Å². The summed E-state index contributed by atoms with van der Waals surface area (Å²) >= 11 is 0. The Labute approximate surface area is 184 Å². The number of esters is 2. The highest BCUT2D eigenvalue weighted by Crippen LogP contribution is 2.12. The number of benzene rings is 1. The van der Waals surface area contributed by atoms with Crippen LogP contribution in [0.1, 0.15) is 25.0 Å². The minimum atomic E-state index is -0.767. The topological polar surface area (TPSA) is 89.5 Å². The fraction of sp³-hybridized carbons (Fsp3) is 0.565. The van der Waals surface area contributed by atoms with Crippen LogP contribution in [-0.2, 0) is 38.0 Å². The van der Waals surface area contributed by atoms with Gasteiger partial charge in [-0.15, -0.1) is 0 Å². The lowest BCUT2D eigenvalue weighted by Gasteiger charge is -2.10. The Morgan fingerprint density at radius 1 is 0.677 bits per heavy atom. The van der Waals surface area contributed by atoms with Crippen LogP contribution in [0, 0.1) is 6.92 Å². The molecular weight excluding hydrogens is 404 g/mol. The molecule has 1 aromatic rings. The summed E-state index contributed by atoms with van der Waals surface area (Å²) in [7, 11) is 0. The van der Waals surface area contributed by atoms with Gasteiger partial charge in [-0.2, -0.15) is 0 Å². The number of aryl methyl sites for hydroxylation is 1. The van der Waals surface area contributed by atoms with Gasteiger partial charge in [0.2, 0.25) is 0 Å². The largest absolute Gasteiger partial charge is 0.459 e. The van der Waals surface area contributed by atoms with E-state index in [1.165, 1.54) is 6.08 Å². The number of hydrogen-bond donors (Lipinski definition) is 0. The molecule has 0 atom stereocenters. The van der Waals surface area contributed by atoms with Gasteiger partial charge < -0.3 is 28.4 Å². The molecular formula is C23H34O8. The van der Waals surface area contributed by atoms with Crippen molar-refractivity contribution in [2.24, 2.45) is 0 Å². The van der Waals surface area contributed by atoms with Gasteiger partial charge in [-0.3, -0.25) is 0 Å². The number of hydrogen-bond acceptors (Lipinski definition) is 8. The molecule has 0 saturated carbocycles. The van der Waals surface area contributed by atoms with Crippen molar-refractivity contribution in [3.05, 3.63) is 41.0 Å². The van der Waals surface area contributed by atoms with Gasteiger partial charge in [-0.05, 0) is 32.4 Å². The van der Waals surface area contributed by atoms with Crippen LogP contribution in [0.4, 0.5) is 0 Å². The van der Waals surface area contributed by atoms with E-state index in [0.717, 1.165) is 5.56 Å². The van der Waals surface area contributed by atoms with Gasteiger partial charge in [0.15, 0.2) is 0 Å². The first kappa shape index (κ1) is 26.8. The molecule has 174 valence electrons. The maximum atomic E-state index is 12.5. The van der Waals surface area contributed by atoms with Crippen LogP contribution in [-0.4, -0.2) is 78.0 Å². The quantitative estimate of drug-likeness (QED) is 0.121. The molecule has 0 aromatic heterocycles. The lowest BCUT2D eigenvalue weighted by Crippen LogP contribution is -2.22. The number of ether oxygens (including phenoxy) is 6. The Hall–Kier alpha value is -2.26. The summed E-state index contributed by atoms with van der Waals surface area (Å²) in [4.78, 5) is 25.0. The van der Waals surface area contributed by atoms with Gasteiger partial charge >= 0.3 is 11.9 Å². The second kappa shape index (κ2) is 17.4. The number of carbonyl (C=O) groups is 2. The van der Waals surface area contributed by atoms with Crippen LogP contribution in [0.2, 0.25) is 0 Å². The molecule has 8 heteroatoms. The van der Waals surface area contributed by atoms with E-state index < -0.39 is 11.9 Å². The summed E-state index contributed by atoms with van der Waals surface area (Å²) in [5.41, 5.74) is 1.57. The Kier molecular flexibility index (Phi) is 15.0. The first-order valence-electron chi connectivity index (χ1n) is 10.5. The van der Waals surface area contributed by atoms with Crippen LogP contribution >= 0.6 is 0 Å². The third-order valence-corrected chi connectivity index (χ3v) is 3.90. The summed E-state index contributed by atoms with van der Waals surface area (Å²) in [5.74, 6) is -1.53. The number of rotatable bonds is 17. The number of carbonyl (C=O) groups excluding carboxylic acids is 2. The second-order valence-corrected chi connectivity index (χ2v) is 6.36. The predicted octanol–water partition coefficient (Wildman–Crippen LogP) is 2.57. The lowest BCUT2D eigenvalue weighted by molar-refractivity contribution is -0.148. The van der Waals surface area contributed by atoms with Crippen LogP contribution < -0.4 is 0 Å². The molecule has 0 bridgehead atoms. The summed E-state index contributed by atoms with van der Waals surface area (Å²) in [5, 5.41) is 0. The van der Waals surface area contributed by atoms with E-state index >= 15 is 0 Å². The first-order chi connectivity index (χ1) is 15.1. The van der Waals surface area contributed by atoms with Crippen LogP contribution in [0.3, 0.4) is 0 Å². The molecule has 0 aliphatic carbocycles. The molecule has 0 saturated heterocycles. The Morgan fingerprint density at radius 3 is 1.55 bits per heavy atom. The van der Waals surface area contributed by atoms with Crippen molar-refractivity contribution in [2.75, 3.05) is 66.1 Å². The average Bonchev–Trinajstić information content (AvgIpc) is 2.77. The molecule has 0 spiro atoms. The average molecular weight is 439 g/mol. The van der Waals surface area contributed by atoms with Crippen molar-refractivity contribution in [2.45, 2.75) is 20.8 Å². The maximum absolute atomic E-state index is 12.5. The van der Waals surface area contributed by atoms with Crippen molar-refractivity contribution in [3.63, 3.8) is 0 Å². The molecule has 0 fully saturated rings. The zero-order chi connectivity index (χ0) is 22.7. The Bertz CT molecular complexity index is 622. The lowest BCUT2D eigenvalue weighted by atomic mass is 10.1. The predicted molar refractivity (Wildman–Crippen MR) is 116 cm³/mol. The third kappa shape index (κ3) is 12.9. The summed E-state index contributed by atoms with van der Waals surface area (Å²) in [6.07, 6.45) is 1.45. The van der Waals surface area contributed by atoms with E-state index in [-0.39, 0.29) is 32.0 Å². The fourth-order valence-corrected chi connectivity index (χ4v) is 2.30. The Morgan fingerprint density at radius 2 is 1.10 bits per heavy atom. The summed E-state index contributed by atoms with van der Waals surface area (Å²) in [6.45, 7) is 9.19. The van der Waals surface area contributed by atoms with Crippen molar-refractivity contribution in [3.8, 4) is 0 Å². The molecule has 31 heavy (non-hydrogen) atoms. The van der Waals surface area contributed by atoms with Crippen molar-refractivity contribution >= 4 is 18.0 Å². The highest BCUT2D eigenvalue weighted by Gasteiger charge is 2.21. The van der Waals surface area contributed by atoms with E-state index in [0.29, 0.717) is 45.2 Å². The normalized spacial score (nSPS) is 10.5. The second-order valence-electron chi connectivity index (χ2n) is 6.36. The van der Waals surface area contributed by atoms with Crippen LogP contribution in [0.25, 0.3) is 6.08 Å². The summed E-state index contributed by atoms with van der Waals surface area (Å²) < 4.78 is 31.3. The van der Waals surface area contributed by atoms with Crippen LogP contribution in [0.5, 0.6) is 0 Å². The van der Waals surface area contributed by atoms with E-state index in [1.807, 2.05) is 45.0 Å². The van der Waals surface area contributed by atoms with Gasteiger partial charge in [0.1, 0.15) is 18.8 Å². The van der Waals surface area contributed by atoms with Gasteiger partial charge in [-0.1, -0.05) is 29.8 Å². The molecule has 0 aliphatic rings. The molecule has 0 N–H and O–H groups in total. The molecule has 0 radical (unpaired) electrons. The van der Waals surface area contributed by atoms with Crippen molar-refractivity contribution < 1.29 is 38.0 Å². The van der Waals surface area contributed by atoms with E-state index in [1.54, 1.807) is 0 Å². The fourth-order valence-electron chi connectivity index (χ4n) is 2.30. The smallest absolute Gasteiger partial charge is 0.345 e. The summed E-state index contributed by atoms with van der Waals surface area (Å²) in [6, 6.07) is 7.39.